The second-order valence-electron chi connectivity index (χ2n) is 17.2. The Labute approximate surface area is 387 Å². The van der Waals surface area contributed by atoms with Crippen LogP contribution in [0.1, 0.15) is 0 Å². The van der Waals surface area contributed by atoms with Gasteiger partial charge < -0.3 is 4.57 Å². The minimum atomic E-state index is 0.617. The Morgan fingerprint density at radius 3 is 1.22 bits per heavy atom. The van der Waals surface area contributed by atoms with E-state index >= 15 is 0 Å². The van der Waals surface area contributed by atoms with Crippen molar-refractivity contribution >= 4 is 54.1 Å². The highest BCUT2D eigenvalue weighted by Crippen LogP contribution is 2.43. The lowest BCUT2D eigenvalue weighted by molar-refractivity contribution is 1.07. The zero-order valence-corrected chi connectivity index (χ0v) is 36.4. The summed E-state index contributed by atoms with van der Waals surface area (Å²) in [6.07, 6.45) is 0. The van der Waals surface area contributed by atoms with Gasteiger partial charge in [0, 0.05) is 32.8 Å². The Morgan fingerprint density at radius 2 is 0.612 bits per heavy atom. The van der Waals surface area contributed by atoms with Crippen LogP contribution in [0.2, 0.25) is 0 Å². The van der Waals surface area contributed by atoms with E-state index in [0.717, 1.165) is 50.0 Å². The Balaban J connectivity index is 1.03. The molecule has 4 nitrogen and oxygen atoms in total. The fourth-order valence-electron chi connectivity index (χ4n) is 10.1. The van der Waals surface area contributed by atoms with Crippen molar-refractivity contribution in [3.05, 3.63) is 243 Å². The van der Waals surface area contributed by atoms with Crippen LogP contribution >= 0.6 is 0 Å². The predicted molar refractivity (Wildman–Crippen MR) is 279 cm³/mol. The van der Waals surface area contributed by atoms with Crippen molar-refractivity contribution in [2.75, 3.05) is 0 Å². The van der Waals surface area contributed by atoms with Crippen molar-refractivity contribution < 1.29 is 0 Å². The highest BCUT2D eigenvalue weighted by molar-refractivity contribution is 6.28. The quantitative estimate of drug-likeness (QED) is 0.150. The molecular weight excluding hydrogens is 813 g/mol. The van der Waals surface area contributed by atoms with Crippen LogP contribution < -0.4 is 0 Å². The van der Waals surface area contributed by atoms with Gasteiger partial charge in [-0.15, -0.1) is 0 Å². The first-order chi connectivity index (χ1) is 33.2. The second-order valence-corrected chi connectivity index (χ2v) is 17.2. The third-order valence-corrected chi connectivity index (χ3v) is 13.2. The van der Waals surface area contributed by atoms with Gasteiger partial charge in [0.25, 0.3) is 0 Å². The number of aromatic nitrogens is 4. The summed E-state index contributed by atoms with van der Waals surface area (Å²) in [7, 11) is 0. The maximum Gasteiger partial charge on any atom is 0.164 e. The van der Waals surface area contributed by atoms with Crippen molar-refractivity contribution in [3.63, 3.8) is 0 Å². The van der Waals surface area contributed by atoms with Crippen LogP contribution in [-0.2, 0) is 0 Å². The molecule has 0 aliphatic heterocycles. The van der Waals surface area contributed by atoms with E-state index < -0.39 is 0 Å². The van der Waals surface area contributed by atoms with Gasteiger partial charge in [-0.3, -0.25) is 0 Å². The first-order valence-corrected chi connectivity index (χ1v) is 22.8. The molecule has 13 aromatic rings. The maximum absolute atomic E-state index is 5.29. The SMILES string of the molecule is c1ccc(-c2cccc(-c3nc(-c4cccc(-c5ccccc5)c4)nc(-c4ccc5c6ccccc6c6c(-n7c8ccccc8c8cc(-c9ccccc9)ccc87)cccc6c5c4)n3)c2)cc1. The van der Waals surface area contributed by atoms with Crippen molar-refractivity contribution in [3.8, 4) is 73.2 Å². The van der Waals surface area contributed by atoms with Crippen LogP contribution in [0.4, 0.5) is 0 Å². The molecule has 11 aromatic carbocycles. The van der Waals surface area contributed by atoms with Crippen LogP contribution in [0.25, 0.3) is 127 Å². The molecule has 0 atom stereocenters. The molecule has 4 heteroatoms. The molecule has 0 fully saturated rings. The van der Waals surface area contributed by atoms with E-state index in [1.54, 1.807) is 0 Å². The Hall–Kier alpha value is -8.99. The number of hydrogen-bond acceptors (Lipinski definition) is 3. The van der Waals surface area contributed by atoms with Crippen LogP contribution in [0, 0.1) is 0 Å². The van der Waals surface area contributed by atoms with Gasteiger partial charge in [-0.05, 0) is 103 Å². The van der Waals surface area contributed by atoms with Crippen molar-refractivity contribution in [1.82, 2.24) is 19.5 Å². The maximum atomic E-state index is 5.29. The molecule has 13 rings (SSSR count). The minimum absolute atomic E-state index is 0.617. The van der Waals surface area contributed by atoms with Crippen LogP contribution in [-0.4, -0.2) is 19.5 Å². The Kier molecular flexibility index (Phi) is 9.14. The van der Waals surface area contributed by atoms with E-state index in [1.807, 2.05) is 12.1 Å². The molecule has 2 aromatic heterocycles. The molecule has 67 heavy (non-hydrogen) atoms. The standard InChI is InChI=1S/C63H40N4/c1-4-17-41(18-5-1)44-23-14-25-47(37-44)61-64-62(48-26-15-24-45(38-48)42-19-6-2-7-20-42)66-63(65-61)49-33-35-51-50-27-10-11-29-53(50)60-54(55(51)40-49)30-16-32-59(60)67-57-31-13-12-28-52(57)56-39-46(34-36-58(56)67)43-21-8-3-9-22-43/h1-40H. The highest BCUT2D eigenvalue weighted by atomic mass is 15.0. The first-order valence-electron chi connectivity index (χ1n) is 22.8. The summed E-state index contributed by atoms with van der Waals surface area (Å²) in [6.45, 7) is 0. The number of fused-ring (bicyclic) bond motifs is 9. The monoisotopic (exact) mass is 852 g/mol. The van der Waals surface area contributed by atoms with Gasteiger partial charge in [-0.2, -0.15) is 0 Å². The molecule has 0 aliphatic carbocycles. The molecule has 0 spiro atoms. The zero-order valence-electron chi connectivity index (χ0n) is 36.4. The van der Waals surface area contributed by atoms with Crippen LogP contribution in [0.3, 0.4) is 0 Å². The number of hydrogen-bond donors (Lipinski definition) is 0. The molecule has 312 valence electrons. The summed E-state index contributed by atoms with van der Waals surface area (Å²) in [4.78, 5) is 15.8. The van der Waals surface area contributed by atoms with Gasteiger partial charge in [0.2, 0.25) is 0 Å². The number of para-hydroxylation sites is 1. The van der Waals surface area contributed by atoms with Gasteiger partial charge in [-0.1, -0.05) is 200 Å². The normalized spacial score (nSPS) is 11.6. The van der Waals surface area contributed by atoms with E-state index in [4.69, 9.17) is 15.0 Å². The molecule has 0 aliphatic rings. The Morgan fingerprint density at radius 1 is 0.224 bits per heavy atom. The van der Waals surface area contributed by atoms with Gasteiger partial charge in [-0.25, -0.2) is 15.0 Å². The highest BCUT2D eigenvalue weighted by Gasteiger charge is 2.20. The Bertz CT molecular complexity index is 3920. The second kappa shape index (κ2) is 15.9. The third-order valence-electron chi connectivity index (χ3n) is 13.2. The lowest BCUT2D eigenvalue weighted by Crippen LogP contribution is -2.01. The summed E-state index contributed by atoms with van der Waals surface area (Å²) in [6, 6.07) is 86.5. The smallest absolute Gasteiger partial charge is 0.164 e. The molecule has 0 amide bonds. The first kappa shape index (κ1) is 38.5. The van der Waals surface area contributed by atoms with E-state index in [-0.39, 0.29) is 0 Å². The fraction of sp³-hybridized carbons (Fsp3) is 0. The fourth-order valence-corrected chi connectivity index (χ4v) is 10.1. The molecule has 0 bridgehead atoms. The van der Waals surface area contributed by atoms with Gasteiger partial charge >= 0.3 is 0 Å². The van der Waals surface area contributed by atoms with Gasteiger partial charge in [0.05, 0.1) is 16.7 Å². The number of rotatable bonds is 7. The number of nitrogens with zero attached hydrogens (tertiary/aromatic N) is 4. The van der Waals surface area contributed by atoms with Crippen LogP contribution in [0.15, 0.2) is 243 Å². The topological polar surface area (TPSA) is 43.6 Å². The van der Waals surface area contributed by atoms with Crippen LogP contribution in [0.5, 0.6) is 0 Å². The summed E-state index contributed by atoms with van der Waals surface area (Å²) in [5.41, 5.74) is 13.2. The van der Waals surface area contributed by atoms with E-state index in [9.17, 15) is 0 Å². The lowest BCUT2D eigenvalue weighted by atomic mass is 9.92. The molecule has 0 unspecified atom stereocenters. The summed E-state index contributed by atoms with van der Waals surface area (Å²) >= 11 is 0. The third kappa shape index (κ3) is 6.65. The van der Waals surface area contributed by atoms with Gasteiger partial charge in [0.15, 0.2) is 17.5 Å². The minimum Gasteiger partial charge on any atom is -0.309 e. The zero-order chi connectivity index (χ0) is 44.3. The predicted octanol–water partition coefficient (Wildman–Crippen LogP) is 16.4. The average molecular weight is 853 g/mol. The molecule has 0 saturated heterocycles. The van der Waals surface area contributed by atoms with E-state index in [0.29, 0.717) is 17.5 Å². The van der Waals surface area contributed by atoms with Crippen molar-refractivity contribution in [2.24, 2.45) is 0 Å². The molecule has 0 saturated carbocycles. The average Bonchev–Trinajstić information content (AvgIpc) is 3.75. The van der Waals surface area contributed by atoms with E-state index in [2.05, 4.69) is 235 Å². The summed E-state index contributed by atoms with van der Waals surface area (Å²) < 4.78 is 2.46. The summed E-state index contributed by atoms with van der Waals surface area (Å²) in [5, 5.41) is 9.55. The van der Waals surface area contributed by atoms with Crippen molar-refractivity contribution in [2.45, 2.75) is 0 Å². The number of benzene rings is 11. The largest absolute Gasteiger partial charge is 0.309 e. The molecule has 0 radical (unpaired) electrons. The van der Waals surface area contributed by atoms with Gasteiger partial charge in [0.1, 0.15) is 0 Å². The molecule has 0 N–H and O–H groups in total. The van der Waals surface area contributed by atoms with Crippen molar-refractivity contribution in [1.29, 1.82) is 0 Å². The molecule has 2 heterocycles. The summed E-state index contributed by atoms with van der Waals surface area (Å²) in [5.74, 6) is 1.86. The lowest BCUT2D eigenvalue weighted by Gasteiger charge is -2.17. The molecular formula is C63H40N4. The van der Waals surface area contributed by atoms with E-state index in [1.165, 1.54) is 59.9 Å².